The van der Waals surface area contributed by atoms with Crippen molar-refractivity contribution in [1.82, 2.24) is 25.0 Å². The molecule has 0 bridgehead atoms. The monoisotopic (exact) mass is 462 g/mol. The first kappa shape index (κ1) is 24.9. The quantitative estimate of drug-likeness (QED) is 0.650. The number of carbonyl (C=O) groups is 1. The first-order valence-electron chi connectivity index (χ1n) is 12.0. The van der Waals surface area contributed by atoms with Crippen LogP contribution in [0, 0.1) is 6.92 Å². The van der Waals surface area contributed by atoms with Crippen LogP contribution in [0.4, 0.5) is 25.1 Å². The number of carbonyl (C=O) groups excluding carboxylic acids is 1. The fraction of sp³-hybridized carbons (Fsp3) is 0.625. The Hall–Kier alpha value is -2.71. The second-order valence-electron chi connectivity index (χ2n) is 8.44. The fourth-order valence-electron chi connectivity index (χ4n) is 4.72. The van der Waals surface area contributed by atoms with E-state index in [1.165, 1.54) is 25.3 Å². The number of nitrogens with zero attached hydrogens (tertiary/aromatic N) is 5. The molecule has 3 heterocycles. The van der Waals surface area contributed by atoms with Crippen LogP contribution >= 0.6 is 0 Å². The first-order valence-corrected chi connectivity index (χ1v) is 12.0. The van der Waals surface area contributed by atoms with Crippen LogP contribution in [-0.4, -0.2) is 46.3 Å². The zero-order valence-electron chi connectivity index (χ0n) is 20.4. The predicted octanol–water partition coefficient (Wildman–Crippen LogP) is 5.52. The number of hydrogen-bond donors (Lipinski definition) is 1. The van der Waals surface area contributed by atoms with Crippen LogP contribution in [-0.2, 0) is 13.0 Å². The van der Waals surface area contributed by atoms with Crippen molar-refractivity contribution in [2.75, 3.05) is 25.5 Å². The lowest BCUT2D eigenvalue weighted by Gasteiger charge is -2.30. The fourth-order valence-corrected chi connectivity index (χ4v) is 4.72. The number of aromatic nitrogens is 3. The van der Waals surface area contributed by atoms with Crippen LogP contribution in [0.15, 0.2) is 12.3 Å². The Morgan fingerprint density at radius 2 is 1.94 bits per heavy atom. The number of alkyl halides is 2. The van der Waals surface area contributed by atoms with Gasteiger partial charge in [0.25, 0.3) is 6.43 Å². The van der Waals surface area contributed by atoms with Gasteiger partial charge in [0.15, 0.2) is 5.82 Å². The molecule has 2 amide bonds. The second-order valence-corrected chi connectivity index (χ2v) is 8.44. The molecule has 182 valence electrons. The molecule has 2 aromatic rings. The van der Waals surface area contributed by atoms with Crippen molar-refractivity contribution >= 4 is 17.5 Å². The van der Waals surface area contributed by atoms with Crippen LogP contribution in [0.25, 0.3) is 0 Å². The van der Waals surface area contributed by atoms with E-state index in [4.69, 9.17) is 5.10 Å². The van der Waals surface area contributed by atoms with Gasteiger partial charge in [0, 0.05) is 49.6 Å². The standard InChI is InChI=1S/C22H30F2N6O.C2H6/c1-14-17(20(23)24)11-16(12-26-14)28(3)21-18-13-29(22(31)25-2)10-9-19(18)30(27-21)15-7-5-4-6-8-15;1-2/h11-12,15,20H,4-10,13H2,1-3H3,(H,25,31);1-2H3. The summed E-state index contributed by atoms with van der Waals surface area (Å²) < 4.78 is 29.0. The molecule has 1 aliphatic heterocycles. The van der Waals surface area contributed by atoms with Crippen LogP contribution < -0.4 is 10.2 Å². The number of rotatable bonds is 4. The normalized spacial score (nSPS) is 16.2. The van der Waals surface area contributed by atoms with E-state index in [0.29, 0.717) is 36.3 Å². The van der Waals surface area contributed by atoms with Gasteiger partial charge in [-0.1, -0.05) is 33.1 Å². The third kappa shape index (κ3) is 5.12. The van der Waals surface area contributed by atoms with Gasteiger partial charge in [-0.05, 0) is 25.8 Å². The third-order valence-corrected chi connectivity index (χ3v) is 6.54. The van der Waals surface area contributed by atoms with Crippen molar-refractivity contribution in [2.24, 2.45) is 0 Å². The zero-order valence-corrected chi connectivity index (χ0v) is 20.4. The Bertz CT molecular complexity index is 955. The summed E-state index contributed by atoms with van der Waals surface area (Å²) in [5, 5.41) is 7.67. The molecule has 7 nitrogen and oxygen atoms in total. The van der Waals surface area contributed by atoms with Crippen LogP contribution in [0.3, 0.4) is 0 Å². The number of urea groups is 1. The number of pyridine rings is 1. The Morgan fingerprint density at radius 3 is 2.58 bits per heavy atom. The summed E-state index contributed by atoms with van der Waals surface area (Å²) in [7, 11) is 3.45. The van der Waals surface area contributed by atoms with E-state index in [1.807, 2.05) is 25.8 Å². The van der Waals surface area contributed by atoms with Gasteiger partial charge in [-0.3, -0.25) is 9.67 Å². The van der Waals surface area contributed by atoms with E-state index in [1.54, 1.807) is 25.1 Å². The lowest BCUT2D eigenvalue weighted by molar-refractivity contribution is 0.150. The molecule has 1 saturated carbocycles. The second kappa shape index (κ2) is 10.9. The number of fused-ring (bicyclic) bond motifs is 1. The lowest BCUT2D eigenvalue weighted by atomic mass is 9.95. The van der Waals surface area contributed by atoms with Gasteiger partial charge < -0.3 is 15.1 Å². The molecule has 0 unspecified atom stereocenters. The molecular weight excluding hydrogens is 426 g/mol. The number of aryl methyl sites for hydroxylation is 1. The molecule has 1 fully saturated rings. The van der Waals surface area contributed by atoms with Gasteiger partial charge in [0.05, 0.1) is 24.5 Å². The molecule has 2 aliphatic rings. The summed E-state index contributed by atoms with van der Waals surface area (Å²) >= 11 is 0. The van der Waals surface area contributed by atoms with E-state index in [0.717, 1.165) is 30.5 Å². The summed E-state index contributed by atoms with van der Waals surface area (Å²) in [6.07, 6.45) is 5.57. The molecule has 0 saturated heterocycles. The molecule has 1 aliphatic carbocycles. The Kier molecular flexibility index (Phi) is 8.26. The van der Waals surface area contributed by atoms with Gasteiger partial charge in [-0.2, -0.15) is 5.10 Å². The van der Waals surface area contributed by atoms with Gasteiger partial charge in [-0.15, -0.1) is 0 Å². The minimum Gasteiger partial charge on any atom is -0.341 e. The number of anilines is 2. The van der Waals surface area contributed by atoms with Gasteiger partial charge in [0.1, 0.15) is 0 Å². The Labute approximate surface area is 195 Å². The molecule has 0 radical (unpaired) electrons. The summed E-state index contributed by atoms with van der Waals surface area (Å²) in [6.45, 7) is 6.67. The molecule has 2 aromatic heterocycles. The summed E-state index contributed by atoms with van der Waals surface area (Å²) in [5.74, 6) is 0.708. The largest absolute Gasteiger partial charge is 0.341 e. The first-order chi connectivity index (χ1) is 15.9. The van der Waals surface area contributed by atoms with Crippen molar-refractivity contribution in [2.45, 2.75) is 78.3 Å². The maximum Gasteiger partial charge on any atom is 0.317 e. The van der Waals surface area contributed by atoms with Crippen molar-refractivity contribution in [1.29, 1.82) is 0 Å². The number of hydrogen-bond acceptors (Lipinski definition) is 4. The average Bonchev–Trinajstić information content (AvgIpc) is 3.24. The predicted molar refractivity (Wildman–Crippen MR) is 126 cm³/mol. The highest BCUT2D eigenvalue weighted by Gasteiger charge is 2.32. The smallest absolute Gasteiger partial charge is 0.317 e. The SMILES string of the molecule is CC.CNC(=O)N1CCc2c(c(N(C)c3cnc(C)c(C(F)F)c3)nn2C2CCCCC2)C1. The molecule has 9 heteroatoms. The summed E-state index contributed by atoms with van der Waals surface area (Å²) in [4.78, 5) is 20.0. The van der Waals surface area contributed by atoms with Crippen molar-refractivity contribution in [3.8, 4) is 0 Å². The van der Waals surface area contributed by atoms with Crippen molar-refractivity contribution in [3.05, 3.63) is 34.8 Å². The third-order valence-electron chi connectivity index (χ3n) is 6.54. The minimum absolute atomic E-state index is 0.0723. The Balaban J connectivity index is 0.00000149. The lowest BCUT2D eigenvalue weighted by Crippen LogP contribution is -2.41. The van der Waals surface area contributed by atoms with E-state index < -0.39 is 6.43 Å². The van der Waals surface area contributed by atoms with Gasteiger partial charge in [-0.25, -0.2) is 13.6 Å². The number of amides is 2. The summed E-state index contributed by atoms with van der Waals surface area (Å²) in [6, 6.07) is 1.71. The maximum absolute atomic E-state index is 13.4. The molecular formula is C24H36F2N6O. The van der Waals surface area contributed by atoms with Crippen LogP contribution in [0.2, 0.25) is 0 Å². The topological polar surface area (TPSA) is 66.3 Å². The maximum atomic E-state index is 13.4. The van der Waals surface area contributed by atoms with E-state index in [9.17, 15) is 13.6 Å². The van der Waals surface area contributed by atoms with Crippen LogP contribution in [0.5, 0.6) is 0 Å². The molecule has 33 heavy (non-hydrogen) atoms. The molecule has 0 atom stereocenters. The molecule has 0 spiro atoms. The average molecular weight is 463 g/mol. The van der Waals surface area contributed by atoms with Crippen molar-refractivity contribution in [3.63, 3.8) is 0 Å². The van der Waals surface area contributed by atoms with E-state index >= 15 is 0 Å². The summed E-state index contributed by atoms with van der Waals surface area (Å²) in [5.41, 5.74) is 2.96. The highest BCUT2D eigenvalue weighted by Crippen LogP contribution is 2.37. The van der Waals surface area contributed by atoms with E-state index in [-0.39, 0.29) is 11.6 Å². The van der Waals surface area contributed by atoms with E-state index in [2.05, 4.69) is 15.0 Å². The number of halogens is 2. The van der Waals surface area contributed by atoms with Gasteiger partial charge >= 0.3 is 6.03 Å². The molecule has 1 N–H and O–H groups in total. The number of nitrogens with one attached hydrogen (secondary N) is 1. The Morgan fingerprint density at radius 1 is 1.24 bits per heavy atom. The minimum atomic E-state index is -2.58. The highest BCUT2D eigenvalue weighted by molar-refractivity contribution is 5.75. The highest BCUT2D eigenvalue weighted by atomic mass is 19.3. The van der Waals surface area contributed by atoms with Crippen LogP contribution in [0.1, 0.15) is 80.9 Å². The van der Waals surface area contributed by atoms with Gasteiger partial charge in [0.2, 0.25) is 0 Å². The zero-order chi connectivity index (χ0) is 24.1. The molecule has 0 aromatic carbocycles. The molecule has 4 rings (SSSR count). The van der Waals surface area contributed by atoms with Crippen molar-refractivity contribution < 1.29 is 13.6 Å².